The van der Waals surface area contributed by atoms with E-state index in [-0.39, 0.29) is 0 Å². The van der Waals surface area contributed by atoms with Crippen molar-refractivity contribution in [3.63, 3.8) is 0 Å². The van der Waals surface area contributed by atoms with E-state index in [2.05, 4.69) is 44.3 Å². The lowest BCUT2D eigenvalue weighted by atomic mass is 9.76. The van der Waals surface area contributed by atoms with E-state index in [1.165, 1.54) is 36.8 Å². The summed E-state index contributed by atoms with van der Waals surface area (Å²) in [5.41, 5.74) is 2.48. The number of nitrogens with one attached hydrogen (secondary N) is 1. The molecule has 0 aliphatic heterocycles. The molecule has 1 aromatic carbocycles. The first-order chi connectivity index (χ1) is 9.13. The fourth-order valence-corrected chi connectivity index (χ4v) is 3.69. The Labute approximate surface area is 122 Å². The van der Waals surface area contributed by atoms with Crippen molar-refractivity contribution in [1.29, 1.82) is 0 Å². The second-order valence-corrected chi connectivity index (χ2v) is 6.42. The molecule has 2 heteroatoms. The van der Waals surface area contributed by atoms with E-state index in [0.717, 1.165) is 23.4 Å². The van der Waals surface area contributed by atoms with Gasteiger partial charge in [-0.25, -0.2) is 0 Å². The van der Waals surface area contributed by atoms with Gasteiger partial charge >= 0.3 is 0 Å². The first-order valence-electron chi connectivity index (χ1n) is 7.61. The highest BCUT2D eigenvalue weighted by atomic mass is 35.5. The van der Waals surface area contributed by atoms with Crippen LogP contribution in [0, 0.1) is 18.8 Å². The molecule has 2 rings (SSSR count). The van der Waals surface area contributed by atoms with Gasteiger partial charge in [0.05, 0.1) is 0 Å². The molecule has 0 bridgehead atoms. The summed E-state index contributed by atoms with van der Waals surface area (Å²) in [6.45, 7) is 7.66. The smallest absolute Gasteiger partial charge is 0.0483 e. The van der Waals surface area contributed by atoms with Crippen molar-refractivity contribution in [3.8, 4) is 0 Å². The fraction of sp³-hybridized carbons (Fsp3) is 0.647. The predicted molar refractivity (Wildman–Crippen MR) is 83.7 cm³/mol. The normalized spacial score (nSPS) is 25.3. The largest absolute Gasteiger partial charge is 0.310 e. The molecule has 1 nitrogen and oxygen atoms in total. The maximum Gasteiger partial charge on any atom is 0.0483 e. The van der Waals surface area contributed by atoms with Crippen molar-refractivity contribution < 1.29 is 0 Å². The molecule has 1 N–H and O–H groups in total. The summed E-state index contributed by atoms with van der Waals surface area (Å²) >= 11 is 6.54. The van der Waals surface area contributed by atoms with E-state index in [9.17, 15) is 0 Å². The highest BCUT2D eigenvalue weighted by Gasteiger charge is 2.28. The van der Waals surface area contributed by atoms with Crippen LogP contribution in [0.4, 0.5) is 0 Å². The second kappa shape index (κ2) is 6.76. The Balaban J connectivity index is 2.26. The summed E-state index contributed by atoms with van der Waals surface area (Å²) in [6.07, 6.45) is 5.39. The topological polar surface area (TPSA) is 12.0 Å². The van der Waals surface area contributed by atoms with Gasteiger partial charge in [-0.2, -0.15) is 0 Å². The molecule has 3 unspecified atom stereocenters. The standard InChI is InChI=1S/C17H26ClN/c1-4-19-17(14-9-5-7-12(2)11-14)15-10-6-8-13(3)16(15)18/h6,8,10,12,14,17,19H,4-5,7,9,11H2,1-3H3. The van der Waals surface area contributed by atoms with Crippen molar-refractivity contribution in [2.45, 2.75) is 52.5 Å². The van der Waals surface area contributed by atoms with Gasteiger partial charge in [0.15, 0.2) is 0 Å². The van der Waals surface area contributed by atoms with Crippen LogP contribution >= 0.6 is 11.6 Å². The van der Waals surface area contributed by atoms with E-state index < -0.39 is 0 Å². The van der Waals surface area contributed by atoms with Crippen LogP contribution in [0.2, 0.25) is 5.02 Å². The Kier molecular flexibility index (Phi) is 5.29. The van der Waals surface area contributed by atoms with Crippen molar-refractivity contribution in [2.75, 3.05) is 6.54 Å². The van der Waals surface area contributed by atoms with E-state index in [4.69, 9.17) is 11.6 Å². The summed E-state index contributed by atoms with van der Waals surface area (Å²) in [5, 5.41) is 4.62. The average molecular weight is 280 g/mol. The third-order valence-electron chi connectivity index (χ3n) is 4.43. The van der Waals surface area contributed by atoms with Gasteiger partial charge in [0.1, 0.15) is 0 Å². The molecule has 0 heterocycles. The number of aryl methyl sites for hydroxylation is 1. The fourth-order valence-electron chi connectivity index (χ4n) is 3.44. The Bertz CT molecular complexity index is 416. The third-order valence-corrected chi connectivity index (χ3v) is 4.95. The molecule has 1 fully saturated rings. The van der Waals surface area contributed by atoms with Crippen LogP contribution in [0.15, 0.2) is 18.2 Å². The van der Waals surface area contributed by atoms with E-state index in [1.807, 2.05) is 0 Å². The molecule has 1 aromatic rings. The lowest BCUT2D eigenvalue weighted by Crippen LogP contribution is -2.31. The summed E-state index contributed by atoms with van der Waals surface area (Å²) in [6, 6.07) is 6.84. The molecule has 106 valence electrons. The molecular weight excluding hydrogens is 254 g/mol. The number of rotatable bonds is 4. The number of hydrogen-bond acceptors (Lipinski definition) is 1. The molecule has 1 saturated carbocycles. The summed E-state index contributed by atoms with van der Waals surface area (Å²) in [7, 11) is 0. The van der Waals surface area contributed by atoms with Gasteiger partial charge in [-0.05, 0) is 49.3 Å². The Morgan fingerprint density at radius 2 is 2.16 bits per heavy atom. The molecule has 0 saturated heterocycles. The molecule has 1 aliphatic carbocycles. The van der Waals surface area contributed by atoms with Crippen molar-refractivity contribution in [1.82, 2.24) is 5.32 Å². The Hall–Kier alpha value is -0.530. The third kappa shape index (κ3) is 3.52. The van der Waals surface area contributed by atoms with E-state index in [0.29, 0.717) is 6.04 Å². The molecular formula is C17H26ClN. The predicted octanol–water partition coefficient (Wildman–Crippen LogP) is 5.13. The first kappa shape index (κ1) is 14.9. The van der Waals surface area contributed by atoms with Crippen LogP contribution in [-0.2, 0) is 0 Å². The van der Waals surface area contributed by atoms with Gasteiger partial charge in [-0.15, -0.1) is 0 Å². The molecule has 0 spiro atoms. The van der Waals surface area contributed by atoms with Gasteiger partial charge in [0, 0.05) is 11.1 Å². The zero-order chi connectivity index (χ0) is 13.8. The summed E-state index contributed by atoms with van der Waals surface area (Å²) in [4.78, 5) is 0. The average Bonchev–Trinajstić information content (AvgIpc) is 2.40. The van der Waals surface area contributed by atoms with Crippen LogP contribution in [0.1, 0.15) is 56.7 Å². The quantitative estimate of drug-likeness (QED) is 0.806. The minimum absolute atomic E-state index is 0.417. The molecule has 0 aromatic heterocycles. The zero-order valence-corrected chi connectivity index (χ0v) is 13.1. The number of hydrogen-bond donors (Lipinski definition) is 1. The van der Waals surface area contributed by atoms with Gasteiger partial charge in [0.2, 0.25) is 0 Å². The van der Waals surface area contributed by atoms with E-state index >= 15 is 0 Å². The second-order valence-electron chi connectivity index (χ2n) is 6.05. The lowest BCUT2D eigenvalue weighted by Gasteiger charge is -2.34. The van der Waals surface area contributed by atoms with Crippen molar-refractivity contribution in [3.05, 3.63) is 34.3 Å². The van der Waals surface area contributed by atoms with Crippen LogP contribution < -0.4 is 5.32 Å². The minimum Gasteiger partial charge on any atom is -0.310 e. The molecule has 1 aliphatic rings. The van der Waals surface area contributed by atoms with Crippen molar-refractivity contribution >= 4 is 11.6 Å². The molecule has 19 heavy (non-hydrogen) atoms. The zero-order valence-electron chi connectivity index (χ0n) is 12.4. The molecule has 0 radical (unpaired) electrons. The van der Waals surface area contributed by atoms with Crippen LogP contribution in [0.3, 0.4) is 0 Å². The maximum absolute atomic E-state index is 6.54. The van der Waals surface area contributed by atoms with Gasteiger partial charge in [0.25, 0.3) is 0 Å². The monoisotopic (exact) mass is 279 g/mol. The number of halogens is 1. The SMILES string of the molecule is CCNC(c1cccc(C)c1Cl)C1CCCC(C)C1. The van der Waals surface area contributed by atoms with Crippen LogP contribution in [0.25, 0.3) is 0 Å². The van der Waals surface area contributed by atoms with Crippen molar-refractivity contribution in [2.24, 2.45) is 11.8 Å². The van der Waals surface area contributed by atoms with Gasteiger partial charge < -0.3 is 5.32 Å². The van der Waals surface area contributed by atoms with Crippen LogP contribution in [-0.4, -0.2) is 6.54 Å². The first-order valence-corrected chi connectivity index (χ1v) is 7.99. The van der Waals surface area contributed by atoms with E-state index in [1.54, 1.807) is 0 Å². The highest BCUT2D eigenvalue weighted by Crippen LogP contribution is 2.39. The maximum atomic E-state index is 6.54. The summed E-state index contributed by atoms with van der Waals surface area (Å²) < 4.78 is 0. The minimum atomic E-state index is 0.417. The molecule has 0 amide bonds. The summed E-state index contributed by atoms with van der Waals surface area (Å²) in [5.74, 6) is 1.58. The van der Waals surface area contributed by atoms with Gasteiger partial charge in [-0.3, -0.25) is 0 Å². The molecule has 3 atom stereocenters. The highest BCUT2D eigenvalue weighted by molar-refractivity contribution is 6.32. The Morgan fingerprint density at radius 1 is 1.37 bits per heavy atom. The van der Waals surface area contributed by atoms with Gasteiger partial charge in [-0.1, -0.05) is 56.5 Å². The lowest BCUT2D eigenvalue weighted by molar-refractivity contribution is 0.225. The number of benzene rings is 1. The Morgan fingerprint density at radius 3 is 2.84 bits per heavy atom. The van der Waals surface area contributed by atoms with Crippen LogP contribution in [0.5, 0.6) is 0 Å².